The van der Waals surface area contributed by atoms with Crippen LogP contribution in [0, 0.1) is 5.92 Å². The van der Waals surface area contributed by atoms with Crippen molar-refractivity contribution >= 4 is 41.5 Å². The van der Waals surface area contributed by atoms with Gasteiger partial charge in [0.15, 0.2) is 0 Å². The highest BCUT2D eigenvalue weighted by Crippen LogP contribution is 2.05. The first-order valence-corrected chi connectivity index (χ1v) is 9.83. The summed E-state index contributed by atoms with van der Waals surface area (Å²) in [5, 5.41) is 24.7. The van der Waals surface area contributed by atoms with E-state index in [1.165, 1.54) is 13.8 Å². The lowest BCUT2D eigenvalue weighted by Gasteiger charge is -2.25. The molecule has 0 bridgehead atoms. The fourth-order valence-corrected chi connectivity index (χ4v) is 2.57. The number of carbonyl (C=O) groups is 7. The van der Waals surface area contributed by atoms with Gasteiger partial charge in [-0.15, -0.1) is 0 Å². The van der Waals surface area contributed by atoms with E-state index in [-0.39, 0.29) is 12.8 Å². The number of hydrogen-bond acceptors (Lipinski definition) is 8. The van der Waals surface area contributed by atoms with Gasteiger partial charge in [-0.25, -0.2) is 4.79 Å². The van der Waals surface area contributed by atoms with Crippen molar-refractivity contribution in [3.63, 3.8) is 0 Å². The fourth-order valence-electron chi connectivity index (χ4n) is 2.57. The van der Waals surface area contributed by atoms with E-state index < -0.39 is 84.4 Å². The monoisotopic (exact) mass is 474 g/mol. The Kier molecular flexibility index (Phi) is 12.1. The van der Waals surface area contributed by atoms with E-state index in [9.17, 15) is 38.7 Å². The maximum absolute atomic E-state index is 12.7. The Morgan fingerprint density at radius 1 is 0.758 bits per heavy atom. The van der Waals surface area contributed by atoms with Gasteiger partial charge in [-0.2, -0.15) is 0 Å². The third-order valence-electron chi connectivity index (χ3n) is 4.31. The molecule has 0 saturated carbocycles. The van der Waals surface area contributed by atoms with Gasteiger partial charge in [-0.3, -0.25) is 28.8 Å². The predicted molar refractivity (Wildman–Crippen MR) is 111 cm³/mol. The predicted octanol–water partition coefficient (Wildman–Crippen LogP) is -3.88. The summed E-state index contributed by atoms with van der Waals surface area (Å²) in [6.45, 7) is 3.02. The van der Waals surface area contributed by atoms with Gasteiger partial charge < -0.3 is 43.4 Å². The average molecular weight is 474 g/mol. The summed E-state index contributed by atoms with van der Waals surface area (Å²) < 4.78 is 0. The summed E-state index contributed by atoms with van der Waals surface area (Å²) in [6.07, 6.45) is -2.14. The van der Waals surface area contributed by atoms with Crippen molar-refractivity contribution in [3.8, 4) is 0 Å². The number of carboxylic acids is 2. The molecule has 15 nitrogen and oxygen atoms in total. The van der Waals surface area contributed by atoms with Crippen LogP contribution in [-0.2, 0) is 33.6 Å². The molecule has 0 rings (SSSR count). The van der Waals surface area contributed by atoms with Crippen molar-refractivity contribution in [3.05, 3.63) is 0 Å². The van der Waals surface area contributed by atoms with Gasteiger partial charge in [0.25, 0.3) is 0 Å². The lowest BCUT2D eigenvalue weighted by Crippen LogP contribution is -2.58. The number of aliphatic carboxylic acids is 2. The number of carboxylic acid groups (broad SMARTS) is 2. The molecule has 33 heavy (non-hydrogen) atoms. The first kappa shape index (κ1) is 29.2. The zero-order valence-electron chi connectivity index (χ0n) is 18.2. The van der Waals surface area contributed by atoms with E-state index in [2.05, 4.69) is 16.0 Å². The molecule has 11 N–H and O–H groups in total. The van der Waals surface area contributed by atoms with Crippen LogP contribution >= 0.6 is 0 Å². The molecular weight excluding hydrogens is 444 g/mol. The molecule has 0 aliphatic heterocycles. The fraction of sp³-hybridized carbons (Fsp3) is 0.611. The van der Waals surface area contributed by atoms with E-state index >= 15 is 0 Å². The molecule has 0 aliphatic rings. The number of primary amides is 2. The van der Waals surface area contributed by atoms with E-state index in [0.717, 1.165) is 0 Å². The molecule has 0 aromatic heterocycles. The highest BCUT2D eigenvalue weighted by atomic mass is 16.4. The summed E-state index contributed by atoms with van der Waals surface area (Å²) >= 11 is 0. The van der Waals surface area contributed by atoms with Crippen LogP contribution in [0.25, 0.3) is 0 Å². The lowest BCUT2D eigenvalue weighted by molar-refractivity contribution is -0.144. The zero-order chi connectivity index (χ0) is 25.9. The van der Waals surface area contributed by atoms with Crippen LogP contribution in [0.5, 0.6) is 0 Å². The Hall–Kier alpha value is -3.75. The smallest absolute Gasteiger partial charge is 0.326 e. The van der Waals surface area contributed by atoms with Crippen LogP contribution in [0.2, 0.25) is 0 Å². The molecule has 0 radical (unpaired) electrons. The maximum atomic E-state index is 12.7. The van der Waals surface area contributed by atoms with Crippen LogP contribution in [0.15, 0.2) is 0 Å². The van der Waals surface area contributed by atoms with Crippen LogP contribution in [0.4, 0.5) is 0 Å². The number of nitrogens with one attached hydrogen (secondary N) is 3. The van der Waals surface area contributed by atoms with Gasteiger partial charge in [-0.05, 0) is 12.3 Å². The second kappa shape index (κ2) is 13.6. The molecule has 4 atom stereocenters. The molecule has 186 valence electrons. The van der Waals surface area contributed by atoms with Crippen molar-refractivity contribution in [1.82, 2.24) is 16.0 Å². The number of carbonyl (C=O) groups excluding carboxylic acids is 5. The molecule has 0 heterocycles. The van der Waals surface area contributed by atoms with Crippen molar-refractivity contribution < 1.29 is 43.8 Å². The molecular formula is C18H30N6O9. The maximum Gasteiger partial charge on any atom is 0.326 e. The molecule has 4 unspecified atom stereocenters. The van der Waals surface area contributed by atoms with Crippen molar-refractivity contribution in [1.29, 1.82) is 0 Å². The minimum atomic E-state index is -1.71. The first-order valence-electron chi connectivity index (χ1n) is 9.83. The van der Waals surface area contributed by atoms with Crippen molar-refractivity contribution in [2.75, 3.05) is 0 Å². The Bertz CT molecular complexity index is 785. The number of nitrogens with two attached hydrogens (primary N) is 3. The third-order valence-corrected chi connectivity index (χ3v) is 4.31. The minimum absolute atomic E-state index is 0.332. The summed E-state index contributed by atoms with van der Waals surface area (Å²) in [4.78, 5) is 81.8. The van der Waals surface area contributed by atoms with Gasteiger partial charge in [0, 0.05) is 6.42 Å². The molecule has 15 heteroatoms. The van der Waals surface area contributed by atoms with Crippen LogP contribution in [0.1, 0.15) is 39.5 Å². The van der Waals surface area contributed by atoms with E-state index in [1.54, 1.807) is 0 Å². The second-order valence-corrected chi connectivity index (χ2v) is 7.57. The molecule has 5 amide bonds. The number of rotatable bonds is 15. The van der Waals surface area contributed by atoms with Gasteiger partial charge in [0.1, 0.15) is 18.1 Å². The number of amides is 5. The normalized spacial score (nSPS) is 14.3. The quantitative estimate of drug-likeness (QED) is 0.114. The Morgan fingerprint density at radius 3 is 1.70 bits per heavy atom. The molecule has 0 aromatic carbocycles. The van der Waals surface area contributed by atoms with Crippen LogP contribution in [-0.4, -0.2) is 75.9 Å². The topological polar surface area (TPSA) is 274 Å². The molecule has 0 spiro atoms. The zero-order valence-corrected chi connectivity index (χ0v) is 18.2. The van der Waals surface area contributed by atoms with Gasteiger partial charge >= 0.3 is 11.9 Å². The summed E-state index contributed by atoms with van der Waals surface area (Å²) in [5.41, 5.74) is 15.5. The van der Waals surface area contributed by atoms with Gasteiger partial charge in [-0.1, -0.05) is 13.8 Å². The molecule has 0 aromatic rings. The highest BCUT2D eigenvalue weighted by Gasteiger charge is 2.32. The molecule has 0 aliphatic carbocycles. The average Bonchev–Trinajstić information content (AvgIpc) is 2.66. The SMILES string of the molecule is CC(C)C(NC(=O)C(CC(=O)O)NC(=O)C(CCC(N)=O)NC(=O)C(N)CC(N)=O)C(=O)O. The third kappa shape index (κ3) is 11.4. The minimum Gasteiger partial charge on any atom is -0.481 e. The highest BCUT2D eigenvalue weighted by molar-refractivity contribution is 5.96. The van der Waals surface area contributed by atoms with Gasteiger partial charge in [0.2, 0.25) is 29.5 Å². The van der Waals surface area contributed by atoms with E-state index in [4.69, 9.17) is 22.3 Å². The van der Waals surface area contributed by atoms with Crippen LogP contribution in [0.3, 0.4) is 0 Å². The summed E-state index contributed by atoms with van der Waals surface area (Å²) in [5.74, 6) is -8.21. The van der Waals surface area contributed by atoms with Crippen molar-refractivity contribution in [2.24, 2.45) is 23.1 Å². The Labute approximate surface area is 188 Å². The molecule has 0 fully saturated rings. The summed E-state index contributed by atoms with van der Waals surface area (Å²) in [6, 6.07) is -5.95. The van der Waals surface area contributed by atoms with Crippen molar-refractivity contribution in [2.45, 2.75) is 63.7 Å². The summed E-state index contributed by atoms with van der Waals surface area (Å²) in [7, 11) is 0. The largest absolute Gasteiger partial charge is 0.481 e. The first-order chi connectivity index (χ1) is 15.1. The second-order valence-electron chi connectivity index (χ2n) is 7.57. The standard InChI is InChI=1S/C18H30N6O9/c1-7(2)14(18(32)33)24-17(31)10(6-13(27)28)23-16(30)9(3-4-11(20)25)22-15(29)8(19)5-12(21)26/h7-10,14H,3-6,19H2,1-2H3,(H2,20,25)(H2,21,26)(H,22,29)(H,23,30)(H,24,31)(H,27,28)(H,32,33). The van der Waals surface area contributed by atoms with Gasteiger partial charge in [0.05, 0.1) is 18.9 Å². The van der Waals surface area contributed by atoms with E-state index in [0.29, 0.717) is 0 Å². The Balaban J connectivity index is 5.60. The van der Waals surface area contributed by atoms with E-state index in [1.807, 2.05) is 0 Å². The Morgan fingerprint density at radius 2 is 1.27 bits per heavy atom. The van der Waals surface area contributed by atoms with Crippen LogP contribution < -0.4 is 33.2 Å². The lowest BCUT2D eigenvalue weighted by atomic mass is 10.0. The molecule has 0 saturated heterocycles. The number of hydrogen-bond donors (Lipinski definition) is 8.